The van der Waals surface area contributed by atoms with Crippen LogP contribution in [-0.4, -0.2) is 53.9 Å². The summed E-state index contributed by atoms with van der Waals surface area (Å²) in [6.07, 6.45) is -3.30. The predicted octanol–water partition coefficient (Wildman–Crippen LogP) is 4.87. The van der Waals surface area contributed by atoms with Crippen molar-refractivity contribution < 1.29 is 27.4 Å². The van der Waals surface area contributed by atoms with Crippen LogP contribution < -0.4 is 14.8 Å². The average Bonchev–Trinajstić information content (AvgIpc) is 3.33. The van der Waals surface area contributed by atoms with Gasteiger partial charge in [0.05, 0.1) is 12.8 Å². The van der Waals surface area contributed by atoms with E-state index < -0.39 is 11.9 Å². The number of likely N-dealkylation sites (N-methyl/N-ethyl adjacent to an activating group) is 1. The smallest absolute Gasteiger partial charge is 0.435 e. The highest BCUT2D eigenvalue weighted by molar-refractivity contribution is 6.04. The monoisotopic (exact) mass is 476 g/mol. The first-order chi connectivity index (χ1) is 16.2. The fraction of sp³-hybridized carbons (Fsp3) is 0.333. The number of hydrogen-bond donors (Lipinski definition) is 1. The summed E-state index contributed by atoms with van der Waals surface area (Å²) in [6.45, 7) is 7.26. The number of alkyl halides is 3. The van der Waals surface area contributed by atoms with Crippen LogP contribution >= 0.6 is 0 Å². The van der Waals surface area contributed by atoms with Crippen molar-refractivity contribution in [3.8, 4) is 17.2 Å². The fourth-order valence-corrected chi connectivity index (χ4v) is 3.28. The molecule has 34 heavy (non-hydrogen) atoms. The average molecular weight is 476 g/mol. The second kappa shape index (κ2) is 11.1. The molecule has 3 rings (SSSR count). The molecule has 1 heterocycles. The van der Waals surface area contributed by atoms with E-state index in [2.05, 4.69) is 29.2 Å². The maximum atomic E-state index is 12.8. The number of anilines is 1. The number of halogens is 3. The first kappa shape index (κ1) is 25.1. The van der Waals surface area contributed by atoms with E-state index in [1.54, 1.807) is 25.3 Å². The third kappa shape index (κ3) is 6.28. The lowest BCUT2D eigenvalue weighted by molar-refractivity contribution is -0.141. The highest BCUT2D eigenvalue weighted by atomic mass is 19.4. The van der Waals surface area contributed by atoms with Crippen LogP contribution in [0.3, 0.4) is 0 Å². The zero-order valence-electron chi connectivity index (χ0n) is 19.2. The van der Waals surface area contributed by atoms with Gasteiger partial charge in [0.15, 0.2) is 17.2 Å². The van der Waals surface area contributed by atoms with Crippen molar-refractivity contribution in [3.63, 3.8) is 0 Å². The summed E-state index contributed by atoms with van der Waals surface area (Å²) in [6, 6.07) is 12.1. The number of aromatic nitrogens is 2. The number of amides is 1. The predicted molar refractivity (Wildman–Crippen MR) is 123 cm³/mol. The molecule has 1 N–H and O–H groups in total. The summed E-state index contributed by atoms with van der Waals surface area (Å²) in [5.74, 6) is 0.698. The van der Waals surface area contributed by atoms with Crippen LogP contribution in [0.5, 0.6) is 11.5 Å². The molecular weight excluding hydrogens is 449 g/mol. The van der Waals surface area contributed by atoms with Crippen molar-refractivity contribution in [2.45, 2.75) is 20.0 Å². The largest absolute Gasteiger partial charge is 0.493 e. The Bertz CT molecular complexity index is 1090. The standard InChI is InChI=1S/C24H27F3N4O3/c1-4-30(5-2)14-15-34-21-16-18(8-11-20(21)33-3)28-23(32)17-6-9-19(10-7-17)31-13-12-22(29-31)24(25,26)27/h6-13,16H,4-5,14-15H2,1-3H3,(H,28,32). The van der Waals surface area contributed by atoms with Crippen molar-refractivity contribution in [2.75, 3.05) is 38.7 Å². The van der Waals surface area contributed by atoms with E-state index in [-0.39, 0.29) is 5.91 Å². The number of rotatable bonds is 10. The Balaban J connectivity index is 1.67. The molecular formula is C24H27F3N4O3. The lowest BCUT2D eigenvalue weighted by atomic mass is 10.2. The molecule has 0 aliphatic carbocycles. The van der Waals surface area contributed by atoms with Crippen molar-refractivity contribution >= 4 is 11.6 Å². The number of methoxy groups -OCH3 is 1. The molecule has 1 aromatic heterocycles. The molecule has 3 aromatic rings. The number of ether oxygens (including phenoxy) is 2. The third-order valence-corrected chi connectivity index (χ3v) is 5.25. The van der Waals surface area contributed by atoms with Crippen molar-refractivity contribution in [1.29, 1.82) is 0 Å². The number of nitrogens with one attached hydrogen (secondary N) is 1. The van der Waals surface area contributed by atoms with Crippen molar-refractivity contribution in [1.82, 2.24) is 14.7 Å². The van der Waals surface area contributed by atoms with Gasteiger partial charge in [0.25, 0.3) is 5.91 Å². The molecule has 0 saturated carbocycles. The molecule has 0 radical (unpaired) electrons. The molecule has 1 amide bonds. The van der Waals surface area contributed by atoms with E-state index in [0.29, 0.717) is 35.0 Å². The molecule has 0 unspecified atom stereocenters. The second-order valence-corrected chi connectivity index (χ2v) is 7.39. The van der Waals surface area contributed by atoms with E-state index in [0.717, 1.165) is 30.4 Å². The maximum Gasteiger partial charge on any atom is 0.435 e. The summed E-state index contributed by atoms with van der Waals surface area (Å²) in [5.41, 5.74) is 0.283. The van der Waals surface area contributed by atoms with Gasteiger partial charge in [-0.3, -0.25) is 4.79 Å². The quantitative estimate of drug-likeness (QED) is 0.452. The molecule has 0 spiro atoms. The van der Waals surface area contributed by atoms with Gasteiger partial charge >= 0.3 is 6.18 Å². The number of carbonyl (C=O) groups is 1. The summed E-state index contributed by atoms with van der Waals surface area (Å²) >= 11 is 0. The summed E-state index contributed by atoms with van der Waals surface area (Å²) in [4.78, 5) is 14.9. The topological polar surface area (TPSA) is 68.6 Å². The molecule has 0 aliphatic heterocycles. The third-order valence-electron chi connectivity index (χ3n) is 5.25. The SMILES string of the molecule is CCN(CC)CCOc1cc(NC(=O)c2ccc(-n3ccc(C(F)(F)F)n3)cc2)ccc1OC. The maximum absolute atomic E-state index is 12.8. The van der Waals surface area contributed by atoms with E-state index in [9.17, 15) is 18.0 Å². The molecule has 0 saturated heterocycles. The van der Waals surface area contributed by atoms with Crippen LogP contribution in [0.25, 0.3) is 5.69 Å². The van der Waals surface area contributed by atoms with Gasteiger partial charge in [-0.15, -0.1) is 0 Å². The van der Waals surface area contributed by atoms with E-state index in [1.807, 2.05) is 0 Å². The Morgan fingerprint density at radius 3 is 2.35 bits per heavy atom. The van der Waals surface area contributed by atoms with Gasteiger partial charge in [0.2, 0.25) is 0 Å². The first-order valence-corrected chi connectivity index (χ1v) is 10.8. The Hall–Kier alpha value is -3.53. The van der Waals surface area contributed by atoms with Crippen LogP contribution in [0.1, 0.15) is 29.9 Å². The zero-order valence-corrected chi connectivity index (χ0v) is 19.2. The minimum atomic E-state index is -4.52. The van der Waals surface area contributed by atoms with Crippen LogP contribution in [0.15, 0.2) is 54.7 Å². The number of nitrogens with zero attached hydrogens (tertiary/aromatic N) is 3. The molecule has 0 bridgehead atoms. The zero-order chi connectivity index (χ0) is 24.7. The normalized spacial score (nSPS) is 11.5. The van der Waals surface area contributed by atoms with E-state index in [1.165, 1.54) is 30.5 Å². The summed E-state index contributed by atoms with van der Waals surface area (Å²) < 4.78 is 50.6. The van der Waals surface area contributed by atoms with Gasteiger partial charge in [-0.1, -0.05) is 13.8 Å². The molecule has 0 atom stereocenters. The fourth-order valence-electron chi connectivity index (χ4n) is 3.28. The van der Waals surface area contributed by atoms with E-state index >= 15 is 0 Å². The lowest BCUT2D eigenvalue weighted by Gasteiger charge is -2.19. The first-order valence-electron chi connectivity index (χ1n) is 10.8. The highest BCUT2D eigenvalue weighted by Crippen LogP contribution is 2.31. The van der Waals surface area contributed by atoms with Gasteiger partial charge < -0.3 is 19.7 Å². The molecule has 182 valence electrons. The Labute approximate surface area is 196 Å². The molecule has 2 aromatic carbocycles. The Kier molecular flexibility index (Phi) is 8.17. The highest BCUT2D eigenvalue weighted by Gasteiger charge is 2.33. The minimum absolute atomic E-state index is 0.340. The molecule has 7 nitrogen and oxygen atoms in total. The van der Waals surface area contributed by atoms with Gasteiger partial charge in [-0.2, -0.15) is 18.3 Å². The molecule has 0 fully saturated rings. The van der Waals surface area contributed by atoms with Gasteiger partial charge in [0, 0.05) is 30.1 Å². The van der Waals surface area contributed by atoms with Crippen LogP contribution in [0.2, 0.25) is 0 Å². The Morgan fingerprint density at radius 2 is 1.76 bits per heavy atom. The van der Waals surface area contributed by atoms with E-state index in [4.69, 9.17) is 9.47 Å². The molecule has 0 aliphatic rings. The van der Waals surface area contributed by atoms with Crippen LogP contribution in [0, 0.1) is 0 Å². The minimum Gasteiger partial charge on any atom is -0.493 e. The number of benzene rings is 2. The summed E-state index contributed by atoms with van der Waals surface area (Å²) in [5, 5.41) is 6.33. The van der Waals surface area contributed by atoms with Gasteiger partial charge in [0.1, 0.15) is 6.61 Å². The molecule has 10 heteroatoms. The van der Waals surface area contributed by atoms with Gasteiger partial charge in [-0.25, -0.2) is 4.68 Å². The number of hydrogen-bond acceptors (Lipinski definition) is 5. The second-order valence-electron chi connectivity index (χ2n) is 7.39. The lowest BCUT2D eigenvalue weighted by Crippen LogP contribution is -2.28. The summed E-state index contributed by atoms with van der Waals surface area (Å²) in [7, 11) is 1.55. The van der Waals surface area contributed by atoms with Crippen molar-refractivity contribution in [2.24, 2.45) is 0 Å². The van der Waals surface area contributed by atoms with Gasteiger partial charge in [-0.05, 0) is 55.6 Å². The van der Waals surface area contributed by atoms with Crippen LogP contribution in [-0.2, 0) is 6.18 Å². The Morgan fingerprint density at radius 1 is 1.06 bits per heavy atom. The number of carbonyl (C=O) groups excluding carboxylic acids is 1. The van der Waals surface area contributed by atoms with Crippen LogP contribution in [0.4, 0.5) is 18.9 Å². The van der Waals surface area contributed by atoms with Crippen molar-refractivity contribution in [3.05, 3.63) is 66.0 Å².